The Bertz CT molecular complexity index is 815. The second kappa shape index (κ2) is 6.66. The quantitative estimate of drug-likeness (QED) is 0.891. The van der Waals surface area contributed by atoms with Gasteiger partial charge in [0, 0.05) is 36.9 Å². The van der Waals surface area contributed by atoms with Gasteiger partial charge in [-0.2, -0.15) is 5.10 Å². The number of para-hydroxylation sites is 1. The molecule has 2 aromatic rings. The molecule has 0 saturated carbocycles. The zero-order valence-electron chi connectivity index (χ0n) is 14.4. The highest BCUT2D eigenvalue weighted by molar-refractivity contribution is 7.88. The molecular formula is C17H24N4O2S. The van der Waals surface area contributed by atoms with E-state index in [4.69, 9.17) is 0 Å². The van der Waals surface area contributed by atoms with Crippen LogP contribution in [0.3, 0.4) is 0 Å². The lowest BCUT2D eigenvalue weighted by molar-refractivity contribution is 0.323. The summed E-state index contributed by atoms with van der Waals surface area (Å²) in [6, 6.07) is 10.1. The van der Waals surface area contributed by atoms with Crippen molar-refractivity contribution in [3.8, 4) is 5.69 Å². The standard InChI is InChI=1S/C17H24N4O2S/c1-13-17(12-20-10-9-15(11-20)19-24(3,22)23)14(2)21(18-13)16-7-5-4-6-8-16/h4-8,15,19H,9-12H2,1-3H3. The van der Waals surface area contributed by atoms with E-state index in [-0.39, 0.29) is 6.04 Å². The number of hydrogen-bond acceptors (Lipinski definition) is 4. The number of aryl methyl sites for hydroxylation is 1. The largest absolute Gasteiger partial charge is 0.297 e. The highest BCUT2D eigenvalue weighted by Crippen LogP contribution is 2.21. The Balaban J connectivity index is 1.74. The molecule has 1 atom stereocenters. The number of benzene rings is 1. The van der Waals surface area contributed by atoms with Crippen LogP contribution in [0.4, 0.5) is 0 Å². The average Bonchev–Trinajstić information content (AvgIpc) is 3.06. The fraction of sp³-hybridized carbons (Fsp3) is 0.471. The lowest BCUT2D eigenvalue weighted by Gasteiger charge is -2.16. The number of rotatable bonds is 5. The van der Waals surface area contributed by atoms with Crippen molar-refractivity contribution < 1.29 is 8.42 Å². The summed E-state index contributed by atoms with van der Waals surface area (Å²) in [6.07, 6.45) is 2.06. The van der Waals surface area contributed by atoms with Crippen LogP contribution >= 0.6 is 0 Å². The van der Waals surface area contributed by atoms with Crippen molar-refractivity contribution in [2.45, 2.75) is 32.9 Å². The Morgan fingerprint density at radius 2 is 1.96 bits per heavy atom. The first-order valence-corrected chi connectivity index (χ1v) is 10.0. The van der Waals surface area contributed by atoms with Crippen molar-refractivity contribution in [2.75, 3.05) is 19.3 Å². The Morgan fingerprint density at radius 1 is 1.25 bits per heavy atom. The molecule has 0 aliphatic carbocycles. The number of nitrogens with one attached hydrogen (secondary N) is 1. The summed E-state index contributed by atoms with van der Waals surface area (Å²) in [5.74, 6) is 0. The minimum absolute atomic E-state index is 0.00443. The van der Waals surface area contributed by atoms with E-state index >= 15 is 0 Å². The molecule has 0 radical (unpaired) electrons. The van der Waals surface area contributed by atoms with Gasteiger partial charge in [-0.05, 0) is 32.4 Å². The van der Waals surface area contributed by atoms with Gasteiger partial charge in [-0.15, -0.1) is 0 Å². The number of hydrogen-bond donors (Lipinski definition) is 1. The van der Waals surface area contributed by atoms with Crippen molar-refractivity contribution in [1.82, 2.24) is 19.4 Å². The van der Waals surface area contributed by atoms with E-state index in [0.717, 1.165) is 43.1 Å². The third-order valence-corrected chi connectivity index (χ3v) is 5.24. The molecule has 1 saturated heterocycles. The predicted molar refractivity (Wildman–Crippen MR) is 94.7 cm³/mol. The zero-order chi connectivity index (χ0) is 17.3. The first kappa shape index (κ1) is 17.1. The van der Waals surface area contributed by atoms with E-state index in [0.29, 0.717) is 0 Å². The van der Waals surface area contributed by atoms with Crippen LogP contribution in [0, 0.1) is 13.8 Å². The monoisotopic (exact) mass is 348 g/mol. The number of aromatic nitrogens is 2. The molecule has 2 heterocycles. The van der Waals surface area contributed by atoms with E-state index in [2.05, 4.69) is 21.6 Å². The van der Waals surface area contributed by atoms with Crippen molar-refractivity contribution in [1.29, 1.82) is 0 Å². The molecule has 0 bridgehead atoms. The Hall–Kier alpha value is -1.70. The second-order valence-electron chi connectivity index (χ2n) is 6.51. The zero-order valence-corrected chi connectivity index (χ0v) is 15.2. The molecule has 1 fully saturated rings. The van der Waals surface area contributed by atoms with E-state index in [1.165, 1.54) is 11.8 Å². The molecule has 1 aromatic heterocycles. The second-order valence-corrected chi connectivity index (χ2v) is 8.29. The van der Waals surface area contributed by atoms with Gasteiger partial charge >= 0.3 is 0 Å². The SMILES string of the molecule is Cc1nn(-c2ccccc2)c(C)c1CN1CCC(NS(C)(=O)=O)C1. The minimum atomic E-state index is -3.15. The molecule has 1 N–H and O–H groups in total. The fourth-order valence-corrected chi connectivity index (χ4v) is 4.12. The minimum Gasteiger partial charge on any atom is -0.297 e. The van der Waals surface area contributed by atoms with Crippen LogP contribution in [0.5, 0.6) is 0 Å². The van der Waals surface area contributed by atoms with E-state index in [9.17, 15) is 8.42 Å². The van der Waals surface area contributed by atoms with Crippen LogP contribution in [0.1, 0.15) is 23.4 Å². The van der Waals surface area contributed by atoms with Crippen LogP contribution in [0.2, 0.25) is 0 Å². The summed E-state index contributed by atoms with van der Waals surface area (Å²) in [4.78, 5) is 2.29. The molecule has 1 aromatic carbocycles. The number of nitrogens with zero attached hydrogens (tertiary/aromatic N) is 3. The predicted octanol–water partition coefficient (Wildman–Crippen LogP) is 1.61. The first-order chi connectivity index (χ1) is 11.3. The molecule has 0 spiro atoms. The molecular weight excluding hydrogens is 324 g/mol. The highest BCUT2D eigenvalue weighted by Gasteiger charge is 2.26. The van der Waals surface area contributed by atoms with E-state index < -0.39 is 10.0 Å². The van der Waals surface area contributed by atoms with Crippen LogP contribution in [0.25, 0.3) is 5.69 Å². The lowest BCUT2D eigenvalue weighted by Crippen LogP contribution is -2.36. The Labute approximate surface area is 143 Å². The summed E-state index contributed by atoms with van der Waals surface area (Å²) >= 11 is 0. The normalized spacial score (nSPS) is 19.0. The van der Waals surface area contributed by atoms with Gasteiger partial charge in [-0.3, -0.25) is 4.90 Å². The molecule has 3 rings (SSSR count). The summed E-state index contributed by atoms with van der Waals surface area (Å²) < 4.78 is 27.4. The molecule has 1 aliphatic heterocycles. The van der Waals surface area contributed by atoms with Crippen LogP contribution in [-0.4, -0.2) is 48.5 Å². The molecule has 6 nitrogen and oxygen atoms in total. The molecule has 130 valence electrons. The first-order valence-electron chi connectivity index (χ1n) is 8.13. The Kier molecular flexibility index (Phi) is 4.76. The van der Waals surface area contributed by atoms with Gasteiger partial charge in [0.05, 0.1) is 17.6 Å². The number of sulfonamides is 1. The van der Waals surface area contributed by atoms with Gasteiger partial charge in [-0.25, -0.2) is 17.8 Å². The molecule has 24 heavy (non-hydrogen) atoms. The average molecular weight is 348 g/mol. The molecule has 1 aliphatic rings. The maximum absolute atomic E-state index is 11.4. The smallest absolute Gasteiger partial charge is 0.208 e. The van der Waals surface area contributed by atoms with Gasteiger partial charge in [0.25, 0.3) is 0 Å². The van der Waals surface area contributed by atoms with Crippen LogP contribution < -0.4 is 4.72 Å². The van der Waals surface area contributed by atoms with Gasteiger partial charge < -0.3 is 0 Å². The summed E-state index contributed by atoms with van der Waals surface area (Å²) in [5, 5.41) is 4.68. The lowest BCUT2D eigenvalue weighted by atomic mass is 10.2. The third-order valence-electron chi connectivity index (χ3n) is 4.48. The van der Waals surface area contributed by atoms with E-state index in [1.54, 1.807) is 0 Å². The molecule has 0 amide bonds. The van der Waals surface area contributed by atoms with E-state index in [1.807, 2.05) is 41.9 Å². The van der Waals surface area contributed by atoms with Crippen molar-refractivity contribution >= 4 is 10.0 Å². The van der Waals surface area contributed by atoms with Crippen molar-refractivity contribution in [2.24, 2.45) is 0 Å². The highest BCUT2D eigenvalue weighted by atomic mass is 32.2. The maximum Gasteiger partial charge on any atom is 0.208 e. The summed E-state index contributed by atoms with van der Waals surface area (Å²) in [6.45, 7) is 6.55. The van der Waals surface area contributed by atoms with Crippen molar-refractivity contribution in [3.05, 3.63) is 47.3 Å². The third kappa shape index (κ3) is 3.85. The van der Waals surface area contributed by atoms with Gasteiger partial charge in [0.1, 0.15) is 0 Å². The van der Waals surface area contributed by atoms with Gasteiger partial charge in [-0.1, -0.05) is 18.2 Å². The maximum atomic E-state index is 11.4. The van der Waals surface area contributed by atoms with Crippen LogP contribution in [-0.2, 0) is 16.6 Å². The van der Waals surface area contributed by atoms with Crippen molar-refractivity contribution in [3.63, 3.8) is 0 Å². The topological polar surface area (TPSA) is 67.2 Å². The summed E-state index contributed by atoms with van der Waals surface area (Å²) in [7, 11) is -3.15. The molecule has 1 unspecified atom stereocenters. The van der Waals surface area contributed by atoms with Gasteiger partial charge in [0.15, 0.2) is 0 Å². The van der Waals surface area contributed by atoms with Gasteiger partial charge in [0.2, 0.25) is 10.0 Å². The number of likely N-dealkylation sites (tertiary alicyclic amines) is 1. The Morgan fingerprint density at radius 3 is 2.62 bits per heavy atom. The molecule has 7 heteroatoms. The summed E-state index contributed by atoms with van der Waals surface area (Å²) in [5.41, 5.74) is 4.44. The fourth-order valence-electron chi connectivity index (χ4n) is 3.32. The van der Waals surface area contributed by atoms with Crippen LogP contribution in [0.15, 0.2) is 30.3 Å².